The number of likely N-dealkylation sites (tertiary alicyclic amines) is 1. The highest BCUT2D eigenvalue weighted by atomic mass is 16.2. The third-order valence-corrected chi connectivity index (χ3v) is 7.94. The Bertz CT molecular complexity index is 1480. The smallest absolute Gasteiger partial charge is 0.236 e. The maximum atomic E-state index is 13.1. The average molecular weight is 539 g/mol. The van der Waals surface area contributed by atoms with E-state index in [9.17, 15) is 9.59 Å². The Morgan fingerprint density at radius 3 is 2.52 bits per heavy atom. The summed E-state index contributed by atoms with van der Waals surface area (Å²) in [6.45, 7) is 6.74. The molecule has 6 rings (SSSR count). The number of aryl methyl sites for hydroxylation is 1. The van der Waals surface area contributed by atoms with Gasteiger partial charge in [-0.15, -0.1) is 0 Å². The van der Waals surface area contributed by atoms with Crippen LogP contribution in [0, 0.1) is 5.92 Å². The van der Waals surface area contributed by atoms with E-state index in [4.69, 9.17) is 0 Å². The van der Waals surface area contributed by atoms with E-state index < -0.39 is 0 Å². The van der Waals surface area contributed by atoms with Crippen LogP contribution in [0.1, 0.15) is 19.0 Å². The highest BCUT2D eigenvalue weighted by Gasteiger charge is 2.31. The summed E-state index contributed by atoms with van der Waals surface area (Å²) in [7, 11) is 0. The lowest BCUT2D eigenvalue weighted by Crippen LogP contribution is -2.51. The fourth-order valence-electron chi connectivity index (χ4n) is 5.63. The first-order valence-corrected chi connectivity index (χ1v) is 14.0. The first-order chi connectivity index (χ1) is 19.6. The SMILES string of the molecule is CCc1n[nH]c2cc(NC(=O)C3CCN(CC(=O)N4CCN(c5ccc(-c6ncccn6)cc5)CC4)C3)ccc12. The van der Waals surface area contributed by atoms with Gasteiger partial charge in [0, 0.05) is 67.4 Å². The summed E-state index contributed by atoms with van der Waals surface area (Å²) in [5.74, 6) is 0.724. The molecule has 0 bridgehead atoms. The molecular formula is C30H34N8O2. The van der Waals surface area contributed by atoms with E-state index in [2.05, 4.69) is 54.3 Å². The van der Waals surface area contributed by atoms with E-state index in [0.717, 1.165) is 66.0 Å². The van der Waals surface area contributed by atoms with Crippen molar-refractivity contribution in [1.29, 1.82) is 0 Å². The number of carbonyl (C=O) groups is 2. The molecule has 0 radical (unpaired) electrons. The number of anilines is 2. The van der Waals surface area contributed by atoms with E-state index in [1.165, 1.54) is 0 Å². The van der Waals surface area contributed by atoms with Crippen LogP contribution in [-0.4, -0.2) is 87.6 Å². The van der Waals surface area contributed by atoms with E-state index in [0.29, 0.717) is 32.0 Å². The van der Waals surface area contributed by atoms with Crippen LogP contribution in [0.4, 0.5) is 11.4 Å². The van der Waals surface area contributed by atoms with Crippen molar-refractivity contribution in [2.75, 3.05) is 56.0 Å². The van der Waals surface area contributed by atoms with Crippen LogP contribution in [0.5, 0.6) is 0 Å². The summed E-state index contributed by atoms with van der Waals surface area (Å²) in [5, 5.41) is 11.5. The number of aromatic nitrogens is 4. The van der Waals surface area contributed by atoms with Crippen molar-refractivity contribution in [2.24, 2.45) is 5.92 Å². The van der Waals surface area contributed by atoms with Crippen LogP contribution in [0.3, 0.4) is 0 Å². The molecule has 4 heterocycles. The second-order valence-corrected chi connectivity index (χ2v) is 10.5. The van der Waals surface area contributed by atoms with Crippen LogP contribution in [-0.2, 0) is 16.0 Å². The van der Waals surface area contributed by atoms with Gasteiger partial charge in [0.05, 0.1) is 23.7 Å². The molecule has 2 amide bonds. The molecule has 0 saturated carbocycles. The summed E-state index contributed by atoms with van der Waals surface area (Å²) in [6.07, 6.45) is 5.10. The summed E-state index contributed by atoms with van der Waals surface area (Å²) in [4.78, 5) is 41.0. The number of nitrogens with zero attached hydrogens (tertiary/aromatic N) is 6. The Balaban J connectivity index is 0.965. The van der Waals surface area contributed by atoms with Gasteiger partial charge in [0.2, 0.25) is 11.8 Å². The minimum Gasteiger partial charge on any atom is -0.368 e. The average Bonchev–Trinajstić information content (AvgIpc) is 3.64. The predicted octanol–water partition coefficient (Wildman–Crippen LogP) is 3.19. The van der Waals surface area contributed by atoms with Crippen molar-refractivity contribution in [3.63, 3.8) is 0 Å². The van der Waals surface area contributed by atoms with Gasteiger partial charge < -0.3 is 15.1 Å². The molecule has 2 saturated heterocycles. The number of piperazine rings is 1. The highest BCUT2D eigenvalue weighted by molar-refractivity contribution is 5.95. The normalized spacial score (nSPS) is 17.9. The first kappa shape index (κ1) is 25.9. The van der Waals surface area contributed by atoms with E-state index >= 15 is 0 Å². The largest absolute Gasteiger partial charge is 0.368 e. The Morgan fingerprint density at radius 1 is 1.00 bits per heavy atom. The number of hydrogen-bond donors (Lipinski definition) is 2. The molecule has 4 aromatic rings. The predicted molar refractivity (Wildman–Crippen MR) is 155 cm³/mol. The number of hydrogen-bond acceptors (Lipinski definition) is 7. The zero-order valence-electron chi connectivity index (χ0n) is 22.7. The summed E-state index contributed by atoms with van der Waals surface area (Å²) >= 11 is 0. The number of rotatable bonds is 7. The Hall–Kier alpha value is -4.31. The number of aromatic amines is 1. The molecule has 10 heteroatoms. The highest BCUT2D eigenvalue weighted by Crippen LogP contribution is 2.24. The molecule has 2 aromatic heterocycles. The van der Waals surface area contributed by atoms with Gasteiger partial charge in [-0.1, -0.05) is 6.92 Å². The molecule has 1 atom stereocenters. The zero-order chi connectivity index (χ0) is 27.5. The summed E-state index contributed by atoms with van der Waals surface area (Å²) < 4.78 is 0. The minimum atomic E-state index is -0.127. The molecule has 2 N–H and O–H groups in total. The number of amides is 2. The third-order valence-electron chi connectivity index (χ3n) is 7.94. The quantitative estimate of drug-likeness (QED) is 0.372. The van der Waals surface area contributed by atoms with Gasteiger partial charge in [0.1, 0.15) is 0 Å². The van der Waals surface area contributed by atoms with Gasteiger partial charge in [-0.05, 0) is 67.9 Å². The number of nitrogens with one attached hydrogen (secondary N) is 2. The van der Waals surface area contributed by atoms with E-state index in [1.54, 1.807) is 12.4 Å². The Morgan fingerprint density at radius 2 is 1.77 bits per heavy atom. The maximum Gasteiger partial charge on any atom is 0.236 e. The van der Waals surface area contributed by atoms with Crippen LogP contribution in [0.2, 0.25) is 0 Å². The van der Waals surface area contributed by atoms with Gasteiger partial charge in [-0.2, -0.15) is 5.10 Å². The van der Waals surface area contributed by atoms with Crippen molar-refractivity contribution in [3.05, 3.63) is 66.6 Å². The van der Waals surface area contributed by atoms with Gasteiger partial charge in [-0.3, -0.25) is 19.6 Å². The Labute approximate surface area is 233 Å². The molecule has 40 heavy (non-hydrogen) atoms. The second kappa shape index (κ2) is 11.4. The molecule has 1 unspecified atom stereocenters. The van der Waals surface area contributed by atoms with Gasteiger partial charge in [0.25, 0.3) is 0 Å². The van der Waals surface area contributed by atoms with Crippen molar-refractivity contribution in [1.82, 2.24) is 30.0 Å². The monoisotopic (exact) mass is 538 g/mol. The molecule has 206 valence electrons. The molecule has 10 nitrogen and oxygen atoms in total. The molecule has 2 aromatic carbocycles. The van der Waals surface area contributed by atoms with Crippen molar-refractivity contribution >= 4 is 34.1 Å². The number of fused-ring (bicyclic) bond motifs is 1. The lowest BCUT2D eigenvalue weighted by molar-refractivity contribution is -0.132. The molecule has 2 fully saturated rings. The number of H-pyrrole nitrogens is 1. The fourth-order valence-corrected chi connectivity index (χ4v) is 5.63. The van der Waals surface area contributed by atoms with E-state index in [1.807, 2.05) is 41.3 Å². The van der Waals surface area contributed by atoms with Crippen LogP contribution >= 0.6 is 0 Å². The van der Waals surface area contributed by atoms with Gasteiger partial charge >= 0.3 is 0 Å². The molecule has 0 aliphatic carbocycles. The maximum absolute atomic E-state index is 13.1. The second-order valence-electron chi connectivity index (χ2n) is 10.5. The van der Waals surface area contributed by atoms with Crippen LogP contribution in [0.15, 0.2) is 60.9 Å². The van der Waals surface area contributed by atoms with Crippen molar-refractivity contribution in [2.45, 2.75) is 19.8 Å². The van der Waals surface area contributed by atoms with E-state index in [-0.39, 0.29) is 17.7 Å². The standard InChI is InChI=1S/C30H34N8O2/c1-2-26-25-9-6-23(18-27(25)35-34-26)33-30(40)22-10-13-36(19-22)20-28(39)38-16-14-37(15-17-38)24-7-4-21(5-8-24)29-31-11-3-12-32-29/h3-9,11-12,18,22H,2,10,13-17,19-20H2,1H3,(H,33,40)(H,34,35). The van der Waals surface area contributed by atoms with Crippen molar-refractivity contribution < 1.29 is 9.59 Å². The first-order valence-electron chi connectivity index (χ1n) is 14.0. The molecular weight excluding hydrogens is 504 g/mol. The molecule has 0 spiro atoms. The third kappa shape index (κ3) is 5.53. The number of benzene rings is 2. The lowest BCUT2D eigenvalue weighted by Gasteiger charge is -2.36. The summed E-state index contributed by atoms with van der Waals surface area (Å²) in [5.41, 5.74) is 4.84. The lowest BCUT2D eigenvalue weighted by atomic mass is 10.1. The van der Waals surface area contributed by atoms with Gasteiger partial charge in [-0.25, -0.2) is 9.97 Å². The topological polar surface area (TPSA) is 110 Å². The summed E-state index contributed by atoms with van der Waals surface area (Å²) in [6, 6.07) is 15.9. The van der Waals surface area contributed by atoms with Gasteiger partial charge in [0.15, 0.2) is 5.82 Å². The Kier molecular flexibility index (Phi) is 7.41. The number of carbonyl (C=O) groups excluding carboxylic acids is 2. The minimum absolute atomic E-state index is 0.00277. The van der Waals surface area contributed by atoms with Crippen molar-refractivity contribution in [3.8, 4) is 11.4 Å². The molecule has 2 aliphatic heterocycles. The van der Waals surface area contributed by atoms with Crippen LogP contribution in [0.25, 0.3) is 22.3 Å². The van der Waals surface area contributed by atoms with Crippen LogP contribution < -0.4 is 10.2 Å². The molecule has 2 aliphatic rings. The zero-order valence-corrected chi connectivity index (χ0v) is 22.7. The fraction of sp³-hybridized carbons (Fsp3) is 0.367.